The highest BCUT2D eigenvalue weighted by atomic mass is 15.2. The topological polar surface area (TPSA) is 61.0 Å². The van der Waals surface area contributed by atoms with Crippen LogP contribution in [0.15, 0.2) is 36.5 Å². The quantitative estimate of drug-likeness (QED) is 0.635. The van der Waals surface area contributed by atoms with E-state index >= 15 is 0 Å². The number of aromatic nitrogens is 3. The van der Waals surface area contributed by atoms with Crippen LogP contribution in [0.1, 0.15) is 43.4 Å². The minimum absolute atomic E-state index is 0.102. The molecule has 3 aromatic rings. The van der Waals surface area contributed by atoms with Crippen molar-refractivity contribution in [3.8, 4) is 6.07 Å². The third-order valence-electron chi connectivity index (χ3n) is 5.86. The van der Waals surface area contributed by atoms with Gasteiger partial charge in [0, 0.05) is 63.0 Å². The van der Waals surface area contributed by atoms with Crippen molar-refractivity contribution in [2.45, 2.75) is 40.3 Å². The van der Waals surface area contributed by atoms with Gasteiger partial charge in [0.25, 0.3) is 0 Å². The van der Waals surface area contributed by atoms with Crippen molar-refractivity contribution < 1.29 is 0 Å². The number of benzene rings is 1. The molecule has 4 rings (SSSR count). The van der Waals surface area contributed by atoms with Gasteiger partial charge < -0.3 is 9.47 Å². The highest BCUT2D eigenvalue weighted by Gasteiger charge is 2.19. The Hall–Kier alpha value is -2.75. The Morgan fingerprint density at radius 3 is 2.35 bits per heavy atom. The van der Waals surface area contributed by atoms with Gasteiger partial charge in [-0.25, -0.2) is 9.97 Å². The summed E-state index contributed by atoms with van der Waals surface area (Å²) in [6.45, 7) is 13.1. The van der Waals surface area contributed by atoms with Gasteiger partial charge in [0.15, 0.2) is 0 Å². The number of fused-ring (bicyclic) bond motifs is 1. The number of nitrogens with zero attached hydrogens (tertiary/aromatic N) is 6. The lowest BCUT2D eigenvalue weighted by Crippen LogP contribution is -2.43. The lowest BCUT2D eigenvalue weighted by molar-refractivity contribution is 0.148. The van der Waals surface area contributed by atoms with E-state index in [-0.39, 0.29) is 11.2 Å². The third kappa shape index (κ3) is 5.30. The summed E-state index contributed by atoms with van der Waals surface area (Å²) in [7, 11) is 2.19. The minimum Gasteiger partial charge on any atom is -0.329 e. The molecule has 0 atom stereocenters. The lowest BCUT2D eigenvalue weighted by atomic mass is 9.96. The smallest absolute Gasteiger partial charge is 0.234 e. The van der Waals surface area contributed by atoms with Crippen LogP contribution in [0, 0.1) is 16.7 Å². The van der Waals surface area contributed by atoms with Crippen LogP contribution in [-0.2, 0) is 19.5 Å². The van der Waals surface area contributed by atoms with Crippen LogP contribution in [0.3, 0.4) is 0 Å². The van der Waals surface area contributed by atoms with E-state index in [0.717, 1.165) is 56.7 Å². The highest BCUT2D eigenvalue weighted by molar-refractivity contribution is 5.77. The number of likely N-dealkylation sites (N-methyl/N-ethyl adjacent to an activating group) is 1. The van der Waals surface area contributed by atoms with Gasteiger partial charge in [-0.1, -0.05) is 45.0 Å². The summed E-state index contributed by atoms with van der Waals surface area (Å²) in [5.41, 5.74) is 4.82. The number of hydrogen-bond donors (Lipinski definition) is 0. The third-order valence-corrected chi connectivity index (χ3v) is 5.86. The Labute approximate surface area is 185 Å². The molecule has 0 unspecified atom stereocenters. The monoisotopic (exact) mass is 416 g/mol. The summed E-state index contributed by atoms with van der Waals surface area (Å²) in [5.74, 6) is 0.223. The van der Waals surface area contributed by atoms with Crippen molar-refractivity contribution in [2.24, 2.45) is 5.41 Å². The summed E-state index contributed by atoms with van der Waals surface area (Å²) >= 11 is 0. The largest absolute Gasteiger partial charge is 0.329 e. The predicted octanol–water partition coefficient (Wildman–Crippen LogP) is 3.69. The molecule has 0 radical (unpaired) electrons. The SMILES string of the molecule is CN1CCN(Cc2ccc(Cc3cc4cnc(C#N)nc4n3CC(C)(C)C)cc2)CC1. The number of hydrogen-bond acceptors (Lipinski definition) is 5. The minimum atomic E-state index is 0.102. The van der Waals surface area contributed by atoms with Crippen molar-refractivity contribution >= 4 is 11.0 Å². The van der Waals surface area contributed by atoms with Crippen molar-refractivity contribution in [1.82, 2.24) is 24.3 Å². The lowest BCUT2D eigenvalue weighted by Gasteiger charge is -2.32. The van der Waals surface area contributed by atoms with Crippen LogP contribution in [-0.4, -0.2) is 57.6 Å². The molecule has 0 saturated carbocycles. The summed E-state index contributed by atoms with van der Waals surface area (Å²) in [6.07, 6.45) is 2.60. The molecule has 1 aliphatic rings. The molecule has 162 valence electrons. The molecule has 31 heavy (non-hydrogen) atoms. The fourth-order valence-electron chi connectivity index (χ4n) is 4.18. The van der Waals surface area contributed by atoms with Gasteiger partial charge in [0.05, 0.1) is 0 Å². The highest BCUT2D eigenvalue weighted by Crippen LogP contribution is 2.26. The van der Waals surface area contributed by atoms with Crippen LogP contribution in [0.4, 0.5) is 0 Å². The van der Waals surface area contributed by atoms with Crippen LogP contribution >= 0.6 is 0 Å². The molecule has 2 aromatic heterocycles. The Balaban J connectivity index is 1.55. The zero-order chi connectivity index (χ0) is 22.0. The van der Waals surface area contributed by atoms with Gasteiger partial charge in [0.2, 0.25) is 5.82 Å². The average molecular weight is 417 g/mol. The average Bonchev–Trinajstić information content (AvgIpc) is 3.06. The Bertz CT molecular complexity index is 1080. The summed E-state index contributed by atoms with van der Waals surface area (Å²) < 4.78 is 2.26. The van der Waals surface area contributed by atoms with Gasteiger partial charge in [-0.15, -0.1) is 0 Å². The first-order valence-electron chi connectivity index (χ1n) is 11.0. The van der Waals surface area contributed by atoms with Crippen molar-refractivity contribution in [3.63, 3.8) is 0 Å². The normalized spacial score (nSPS) is 16.0. The zero-order valence-corrected chi connectivity index (χ0v) is 19.1. The maximum atomic E-state index is 9.23. The molecule has 0 amide bonds. The Kier molecular flexibility index (Phi) is 6.08. The van der Waals surface area contributed by atoms with Gasteiger partial charge in [-0.05, 0) is 29.7 Å². The molecule has 0 N–H and O–H groups in total. The van der Waals surface area contributed by atoms with Crippen LogP contribution in [0.25, 0.3) is 11.0 Å². The van der Waals surface area contributed by atoms with Gasteiger partial charge in [0.1, 0.15) is 11.7 Å². The van der Waals surface area contributed by atoms with E-state index < -0.39 is 0 Å². The fraction of sp³-hybridized carbons (Fsp3) is 0.480. The van der Waals surface area contributed by atoms with Crippen LogP contribution in [0.5, 0.6) is 0 Å². The van der Waals surface area contributed by atoms with Crippen molar-refractivity contribution in [3.05, 3.63) is 59.2 Å². The van der Waals surface area contributed by atoms with E-state index in [1.807, 2.05) is 0 Å². The molecule has 6 nitrogen and oxygen atoms in total. The van der Waals surface area contributed by atoms with E-state index in [0.29, 0.717) is 0 Å². The van der Waals surface area contributed by atoms with E-state index in [1.165, 1.54) is 16.8 Å². The predicted molar refractivity (Wildman–Crippen MR) is 124 cm³/mol. The van der Waals surface area contributed by atoms with Gasteiger partial charge in [-0.2, -0.15) is 5.26 Å². The second-order valence-electron chi connectivity index (χ2n) is 9.94. The maximum absolute atomic E-state index is 9.23. The molecule has 0 bridgehead atoms. The number of nitriles is 1. The fourth-order valence-corrected chi connectivity index (χ4v) is 4.18. The molecular formula is C25H32N6. The van der Waals surface area contributed by atoms with E-state index in [1.54, 1.807) is 6.20 Å². The molecular weight excluding hydrogens is 384 g/mol. The van der Waals surface area contributed by atoms with Crippen molar-refractivity contribution in [1.29, 1.82) is 5.26 Å². The first kappa shape index (κ1) is 21.5. The molecule has 1 aromatic carbocycles. The second-order valence-corrected chi connectivity index (χ2v) is 9.94. The van der Waals surface area contributed by atoms with Gasteiger partial charge >= 0.3 is 0 Å². The number of piperazine rings is 1. The molecule has 1 fully saturated rings. The standard InChI is InChI=1S/C25H32N6/c1-25(2,3)18-31-22(14-21-16-27-23(15-26)28-24(21)31)13-19-5-7-20(8-6-19)17-30-11-9-29(4)10-12-30/h5-8,14,16H,9-13,17-18H2,1-4H3. The summed E-state index contributed by atoms with van der Waals surface area (Å²) in [6, 6.07) is 13.3. The second kappa shape index (κ2) is 8.78. The van der Waals surface area contributed by atoms with Crippen LogP contribution in [0.2, 0.25) is 0 Å². The molecule has 1 saturated heterocycles. The first-order valence-corrected chi connectivity index (χ1v) is 11.0. The van der Waals surface area contributed by atoms with Gasteiger partial charge in [-0.3, -0.25) is 4.90 Å². The summed E-state index contributed by atoms with van der Waals surface area (Å²) in [4.78, 5) is 13.6. The van der Waals surface area contributed by atoms with Crippen LogP contribution < -0.4 is 0 Å². The van der Waals surface area contributed by atoms with E-state index in [9.17, 15) is 5.26 Å². The Morgan fingerprint density at radius 1 is 1.03 bits per heavy atom. The maximum Gasteiger partial charge on any atom is 0.234 e. The zero-order valence-electron chi connectivity index (χ0n) is 19.1. The van der Waals surface area contributed by atoms with Crippen molar-refractivity contribution in [2.75, 3.05) is 33.2 Å². The molecule has 6 heteroatoms. The molecule has 3 heterocycles. The molecule has 1 aliphatic heterocycles. The number of rotatable bonds is 5. The first-order chi connectivity index (χ1) is 14.8. The Morgan fingerprint density at radius 2 is 1.71 bits per heavy atom. The van der Waals surface area contributed by atoms with E-state index in [2.05, 4.69) is 88.6 Å². The summed E-state index contributed by atoms with van der Waals surface area (Å²) in [5, 5.41) is 10.2. The van der Waals surface area contributed by atoms with E-state index in [4.69, 9.17) is 0 Å². The molecule has 0 spiro atoms. The molecule has 0 aliphatic carbocycles.